The number of benzene rings is 1. The molecule has 1 atom stereocenters. The van der Waals surface area contributed by atoms with Crippen LogP contribution < -0.4 is 11.1 Å². The number of carbonyl (C=O) groups is 1. The first-order valence-corrected chi connectivity index (χ1v) is 6.60. The molecule has 4 nitrogen and oxygen atoms in total. The molecule has 0 heterocycles. The highest BCUT2D eigenvalue weighted by molar-refractivity contribution is 6.33. The van der Waals surface area contributed by atoms with E-state index in [9.17, 15) is 4.79 Å². The second-order valence-electron chi connectivity index (χ2n) is 5.64. The number of hydrogen-bond donors (Lipinski definition) is 3. The zero-order chi connectivity index (χ0) is 14.6. The summed E-state index contributed by atoms with van der Waals surface area (Å²) >= 11 is 5.82. The monoisotopic (exact) mass is 284 g/mol. The SMILES string of the molecule is CC(C)(C)C(CCO)NC(=O)c1ccc(Cl)c(N)c1. The fourth-order valence-electron chi connectivity index (χ4n) is 1.78. The molecule has 0 aliphatic rings. The van der Waals surface area contributed by atoms with Crippen LogP contribution >= 0.6 is 11.6 Å². The molecule has 5 heteroatoms. The van der Waals surface area contributed by atoms with E-state index in [-0.39, 0.29) is 24.0 Å². The van der Waals surface area contributed by atoms with Gasteiger partial charge in [-0.15, -0.1) is 0 Å². The molecule has 0 aromatic heterocycles. The van der Waals surface area contributed by atoms with Crippen LogP contribution in [0.15, 0.2) is 18.2 Å². The van der Waals surface area contributed by atoms with Crippen LogP contribution in [0.1, 0.15) is 37.6 Å². The number of carbonyl (C=O) groups excluding carboxylic acids is 1. The zero-order valence-electron chi connectivity index (χ0n) is 11.5. The molecule has 106 valence electrons. The van der Waals surface area contributed by atoms with Gasteiger partial charge in [0.15, 0.2) is 0 Å². The van der Waals surface area contributed by atoms with E-state index in [2.05, 4.69) is 5.32 Å². The number of anilines is 1. The van der Waals surface area contributed by atoms with Crippen molar-refractivity contribution in [3.63, 3.8) is 0 Å². The topological polar surface area (TPSA) is 75.3 Å². The Morgan fingerprint density at radius 2 is 2.11 bits per heavy atom. The molecule has 1 amide bonds. The summed E-state index contributed by atoms with van der Waals surface area (Å²) in [6.07, 6.45) is 0.512. The molecule has 0 fully saturated rings. The minimum atomic E-state index is -0.211. The second kappa shape index (κ2) is 6.26. The summed E-state index contributed by atoms with van der Waals surface area (Å²) in [5, 5.41) is 12.4. The van der Waals surface area contributed by atoms with Gasteiger partial charge in [0.1, 0.15) is 0 Å². The van der Waals surface area contributed by atoms with E-state index in [4.69, 9.17) is 22.4 Å². The molecule has 0 saturated carbocycles. The highest BCUT2D eigenvalue weighted by Gasteiger charge is 2.26. The van der Waals surface area contributed by atoms with Gasteiger partial charge in [0.25, 0.3) is 5.91 Å². The standard InChI is InChI=1S/C14H21ClN2O2/c1-14(2,3)12(6-7-18)17-13(19)9-4-5-10(15)11(16)8-9/h4-5,8,12,18H,6-7,16H2,1-3H3,(H,17,19). The van der Waals surface area contributed by atoms with Crippen molar-refractivity contribution in [3.05, 3.63) is 28.8 Å². The van der Waals surface area contributed by atoms with E-state index in [0.717, 1.165) is 0 Å². The average Bonchev–Trinajstić information content (AvgIpc) is 2.30. The van der Waals surface area contributed by atoms with Crippen LogP contribution in [0.5, 0.6) is 0 Å². The number of nitrogens with two attached hydrogens (primary N) is 1. The average molecular weight is 285 g/mol. The van der Waals surface area contributed by atoms with Crippen molar-refractivity contribution in [3.8, 4) is 0 Å². The van der Waals surface area contributed by atoms with Crippen molar-refractivity contribution in [1.29, 1.82) is 0 Å². The van der Waals surface area contributed by atoms with Gasteiger partial charge < -0.3 is 16.2 Å². The molecule has 1 rings (SSSR count). The fourth-order valence-corrected chi connectivity index (χ4v) is 1.89. The Morgan fingerprint density at radius 3 is 2.58 bits per heavy atom. The zero-order valence-corrected chi connectivity index (χ0v) is 12.3. The molecule has 0 aliphatic heterocycles. The van der Waals surface area contributed by atoms with Crippen molar-refractivity contribution in [2.75, 3.05) is 12.3 Å². The predicted molar refractivity (Wildman–Crippen MR) is 78.3 cm³/mol. The van der Waals surface area contributed by atoms with Gasteiger partial charge in [0.05, 0.1) is 10.7 Å². The Balaban J connectivity index is 2.84. The van der Waals surface area contributed by atoms with Crippen molar-refractivity contribution in [2.24, 2.45) is 5.41 Å². The van der Waals surface area contributed by atoms with E-state index in [1.54, 1.807) is 18.2 Å². The first-order chi connectivity index (χ1) is 8.75. The maximum Gasteiger partial charge on any atom is 0.251 e. The van der Waals surface area contributed by atoms with E-state index in [0.29, 0.717) is 22.7 Å². The Morgan fingerprint density at radius 1 is 1.47 bits per heavy atom. The quantitative estimate of drug-likeness (QED) is 0.744. The molecule has 4 N–H and O–H groups in total. The van der Waals surface area contributed by atoms with Crippen LogP contribution in [0.25, 0.3) is 0 Å². The van der Waals surface area contributed by atoms with Crippen molar-refractivity contribution < 1.29 is 9.90 Å². The van der Waals surface area contributed by atoms with Crippen LogP contribution in [0.4, 0.5) is 5.69 Å². The lowest BCUT2D eigenvalue weighted by atomic mass is 9.84. The van der Waals surface area contributed by atoms with E-state index in [1.807, 2.05) is 20.8 Å². The minimum absolute atomic E-state index is 0.0327. The molecule has 0 spiro atoms. The van der Waals surface area contributed by atoms with Crippen molar-refractivity contribution in [1.82, 2.24) is 5.32 Å². The Kier molecular flexibility index (Phi) is 5.20. The summed E-state index contributed by atoms with van der Waals surface area (Å²) in [5.41, 5.74) is 6.40. The molecule has 0 bridgehead atoms. The lowest BCUT2D eigenvalue weighted by Gasteiger charge is -2.31. The number of amides is 1. The van der Waals surface area contributed by atoms with Crippen LogP contribution in [0.2, 0.25) is 5.02 Å². The molecule has 1 aromatic carbocycles. The summed E-state index contributed by atoms with van der Waals surface area (Å²) in [6, 6.07) is 4.68. The third-order valence-corrected chi connectivity index (χ3v) is 3.37. The van der Waals surface area contributed by atoms with Gasteiger partial charge in [-0.3, -0.25) is 4.79 Å². The van der Waals surface area contributed by atoms with Gasteiger partial charge in [-0.2, -0.15) is 0 Å². The van der Waals surface area contributed by atoms with E-state index in [1.165, 1.54) is 0 Å². The molecule has 0 saturated heterocycles. The Bertz CT molecular complexity index is 455. The fraction of sp³-hybridized carbons (Fsp3) is 0.500. The smallest absolute Gasteiger partial charge is 0.251 e. The van der Waals surface area contributed by atoms with Gasteiger partial charge in [0.2, 0.25) is 0 Å². The number of nitrogens with one attached hydrogen (secondary N) is 1. The predicted octanol–water partition coefficient (Wildman–Crippen LogP) is 2.45. The number of nitrogen functional groups attached to an aromatic ring is 1. The molecule has 0 radical (unpaired) electrons. The first kappa shape index (κ1) is 15.8. The second-order valence-corrected chi connectivity index (χ2v) is 6.05. The molecule has 19 heavy (non-hydrogen) atoms. The van der Waals surface area contributed by atoms with E-state index >= 15 is 0 Å². The number of hydrogen-bond acceptors (Lipinski definition) is 3. The van der Waals surface area contributed by atoms with Crippen LogP contribution in [-0.2, 0) is 0 Å². The van der Waals surface area contributed by atoms with Crippen molar-refractivity contribution in [2.45, 2.75) is 33.2 Å². The maximum absolute atomic E-state index is 12.1. The number of rotatable bonds is 4. The largest absolute Gasteiger partial charge is 0.398 e. The van der Waals surface area contributed by atoms with Gasteiger partial charge >= 0.3 is 0 Å². The van der Waals surface area contributed by atoms with Gasteiger partial charge in [0, 0.05) is 18.2 Å². The normalized spacial score (nSPS) is 13.1. The molecule has 1 aromatic rings. The Labute approximate surface area is 118 Å². The number of aliphatic hydroxyl groups is 1. The summed E-state index contributed by atoms with van der Waals surface area (Å²) in [4.78, 5) is 12.1. The molecular weight excluding hydrogens is 264 g/mol. The van der Waals surface area contributed by atoms with Gasteiger partial charge in [-0.25, -0.2) is 0 Å². The highest BCUT2D eigenvalue weighted by atomic mass is 35.5. The summed E-state index contributed by atoms with van der Waals surface area (Å²) in [7, 11) is 0. The lowest BCUT2D eigenvalue weighted by molar-refractivity contribution is 0.0885. The molecule has 0 aliphatic carbocycles. The van der Waals surface area contributed by atoms with Crippen LogP contribution in [0.3, 0.4) is 0 Å². The minimum Gasteiger partial charge on any atom is -0.398 e. The summed E-state index contributed by atoms with van der Waals surface area (Å²) in [6.45, 7) is 6.09. The highest BCUT2D eigenvalue weighted by Crippen LogP contribution is 2.23. The third-order valence-electron chi connectivity index (χ3n) is 3.03. The maximum atomic E-state index is 12.1. The van der Waals surface area contributed by atoms with Gasteiger partial charge in [-0.1, -0.05) is 32.4 Å². The first-order valence-electron chi connectivity index (χ1n) is 6.22. The molecular formula is C14H21ClN2O2. The Hall–Kier alpha value is -1.26. The lowest BCUT2D eigenvalue weighted by Crippen LogP contribution is -2.44. The van der Waals surface area contributed by atoms with Gasteiger partial charge in [-0.05, 0) is 30.0 Å². The molecule has 1 unspecified atom stereocenters. The summed E-state index contributed by atoms with van der Waals surface area (Å²) in [5.74, 6) is -0.211. The third kappa shape index (κ3) is 4.40. The number of aliphatic hydroxyl groups excluding tert-OH is 1. The summed E-state index contributed by atoms with van der Waals surface area (Å²) < 4.78 is 0. The van der Waals surface area contributed by atoms with Crippen LogP contribution in [-0.4, -0.2) is 23.7 Å². The van der Waals surface area contributed by atoms with Crippen molar-refractivity contribution >= 4 is 23.2 Å². The van der Waals surface area contributed by atoms with E-state index < -0.39 is 0 Å². The van der Waals surface area contributed by atoms with Crippen LogP contribution in [0, 0.1) is 5.41 Å². The number of halogens is 1.